The Morgan fingerprint density at radius 3 is 1.86 bits per heavy atom. The normalized spacial score (nSPS) is 15.0. The Morgan fingerprint density at radius 1 is 1.23 bits per heavy atom. The van der Waals surface area contributed by atoms with Crippen LogP contribution in [0.1, 0.15) is 33.1 Å². The number of hydrogen-bond acceptors (Lipinski definition) is 6. The van der Waals surface area contributed by atoms with Crippen molar-refractivity contribution in [3.05, 3.63) is 0 Å². The number of nitrogens with zero attached hydrogens (tertiary/aromatic N) is 1. The molecule has 0 aliphatic carbocycles. The molecule has 130 valence electrons. The van der Waals surface area contributed by atoms with Gasteiger partial charge < -0.3 is 29.7 Å². The molecule has 0 heterocycles. The number of quaternary nitrogens is 1. The van der Waals surface area contributed by atoms with Gasteiger partial charge in [0.05, 0.1) is 33.7 Å². The van der Waals surface area contributed by atoms with Crippen LogP contribution in [0.25, 0.3) is 0 Å². The van der Waals surface area contributed by atoms with Crippen LogP contribution in [0.3, 0.4) is 0 Å². The molecule has 0 aromatic heterocycles. The Bertz CT molecular complexity index is 387. The molecule has 22 heavy (non-hydrogen) atoms. The van der Waals surface area contributed by atoms with E-state index in [1.807, 2.05) is 0 Å². The van der Waals surface area contributed by atoms with Gasteiger partial charge >= 0.3 is 5.97 Å². The zero-order valence-corrected chi connectivity index (χ0v) is 13.8. The van der Waals surface area contributed by atoms with Gasteiger partial charge in [0.25, 0.3) is 0 Å². The number of hydrogen-bond donors (Lipinski definition) is 3. The van der Waals surface area contributed by atoms with Crippen molar-refractivity contribution in [3.8, 4) is 0 Å². The number of aliphatic hydroxyl groups excluding tert-OH is 1. The monoisotopic (exact) mass is 321 g/mol. The van der Waals surface area contributed by atoms with Crippen molar-refractivity contribution in [2.75, 3.05) is 27.7 Å². The molecule has 0 rings (SSSR count). The van der Waals surface area contributed by atoms with Gasteiger partial charge in [0.1, 0.15) is 6.54 Å². The molecule has 0 fully saturated rings. The van der Waals surface area contributed by atoms with E-state index in [0.29, 0.717) is 4.48 Å². The highest BCUT2D eigenvalue weighted by molar-refractivity contribution is 5.90. The van der Waals surface area contributed by atoms with Crippen molar-refractivity contribution < 1.29 is 39.3 Å². The Hall–Kier alpha value is -1.51. The van der Waals surface area contributed by atoms with Crippen LogP contribution in [-0.2, 0) is 14.4 Å². The second-order valence-corrected chi connectivity index (χ2v) is 6.25. The van der Waals surface area contributed by atoms with E-state index in [1.54, 1.807) is 28.1 Å². The fraction of sp³-hybridized carbons (Fsp3) is 0.786. The highest BCUT2D eigenvalue weighted by atomic mass is 16.4. The van der Waals surface area contributed by atoms with Crippen molar-refractivity contribution in [2.24, 2.45) is 0 Å². The summed E-state index contributed by atoms with van der Waals surface area (Å²) < 4.78 is 0.315. The molecule has 0 aliphatic heterocycles. The number of ketones is 1. The second-order valence-electron chi connectivity index (χ2n) is 6.25. The molecule has 8 nitrogen and oxygen atoms in total. The maximum absolute atomic E-state index is 11.5. The fourth-order valence-corrected chi connectivity index (χ4v) is 1.85. The third-order valence-electron chi connectivity index (χ3n) is 2.48. The summed E-state index contributed by atoms with van der Waals surface area (Å²) in [6, 6.07) is 0. The maximum atomic E-state index is 11.5. The smallest absolute Gasteiger partial charge is 0.305 e. The molecule has 1 unspecified atom stereocenters. The predicted molar refractivity (Wildman–Crippen MR) is 76.7 cm³/mol. The SMILES string of the molecule is CC(O)CC(=O)O.CCC(=O)[C@@](O)(CC(=O)[O-])C[N+](C)(C)C. The second kappa shape index (κ2) is 9.50. The Balaban J connectivity index is 0. The highest BCUT2D eigenvalue weighted by Gasteiger charge is 2.39. The molecule has 0 bridgehead atoms. The first-order valence-corrected chi connectivity index (χ1v) is 6.89. The van der Waals surface area contributed by atoms with Crippen molar-refractivity contribution in [3.63, 3.8) is 0 Å². The molecule has 3 N–H and O–H groups in total. The molecule has 0 spiro atoms. The quantitative estimate of drug-likeness (QED) is 0.457. The average molecular weight is 321 g/mol. The minimum Gasteiger partial charge on any atom is -0.550 e. The molecule has 0 saturated heterocycles. The van der Waals surface area contributed by atoms with E-state index in [1.165, 1.54) is 6.92 Å². The van der Waals surface area contributed by atoms with Crippen LogP contribution in [0.2, 0.25) is 0 Å². The van der Waals surface area contributed by atoms with Crippen molar-refractivity contribution >= 4 is 17.7 Å². The van der Waals surface area contributed by atoms with Crippen LogP contribution in [-0.4, -0.2) is 76.9 Å². The minimum absolute atomic E-state index is 0.0631. The zero-order valence-electron chi connectivity index (χ0n) is 13.8. The van der Waals surface area contributed by atoms with E-state index in [9.17, 15) is 24.6 Å². The lowest BCUT2D eigenvalue weighted by atomic mass is 9.91. The van der Waals surface area contributed by atoms with Crippen molar-refractivity contribution in [1.82, 2.24) is 0 Å². The first-order chi connectivity index (χ1) is 9.73. The number of carbonyl (C=O) groups excluding carboxylic acids is 2. The molecule has 0 aromatic rings. The molecular formula is C14H27NO7. The Morgan fingerprint density at radius 2 is 1.68 bits per heavy atom. The van der Waals surface area contributed by atoms with Gasteiger partial charge in [-0.15, -0.1) is 0 Å². The van der Waals surface area contributed by atoms with Gasteiger partial charge in [0, 0.05) is 18.8 Å². The van der Waals surface area contributed by atoms with Crippen molar-refractivity contribution in [2.45, 2.75) is 44.8 Å². The summed E-state index contributed by atoms with van der Waals surface area (Å²) in [7, 11) is 5.34. The molecule has 0 aromatic carbocycles. The first kappa shape index (κ1) is 22.8. The molecule has 0 aliphatic rings. The lowest BCUT2D eigenvalue weighted by Gasteiger charge is -2.34. The van der Waals surface area contributed by atoms with Gasteiger partial charge in [0.15, 0.2) is 11.4 Å². The minimum atomic E-state index is -1.81. The Labute approximate surface area is 130 Å². The number of aliphatic carboxylic acids is 2. The van der Waals surface area contributed by atoms with Crippen molar-refractivity contribution in [1.29, 1.82) is 0 Å². The summed E-state index contributed by atoms with van der Waals surface area (Å²) in [6.07, 6.45) is -1.42. The van der Waals surface area contributed by atoms with Crippen LogP contribution in [0.5, 0.6) is 0 Å². The number of carboxylic acids is 2. The number of carbonyl (C=O) groups is 3. The topological polar surface area (TPSA) is 135 Å². The van der Waals surface area contributed by atoms with Gasteiger partial charge in [-0.2, -0.15) is 0 Å². The van der Waals surface area contributed by atoms with Crippen LogP contribution in [0.4, 0.5) is 0 Å². The zero-order chi connectivity index (χ0) is 18.1. The van der Waals surface area contributed by atoms with E-state index < -0.39 is 35.8 Å². The number of rotatable bonds is 8. The number of likely N-dealkylation sites (N-methyl/N-ethyl adjacent to an activating group) is 1. The summed E-state index contributed by atoms with van der Waals surface area (Å²) in [5.41, 5.74) is -1.81. The molecule has 0 radical (unpaired) electrons. The fourth-order valence-electron chi connectivity index (χ4n) is 1.85. The van der Waals surface area contributed by atoms with E-state index in [2.05, 4.69) is 0 Å². The van der Waals surface area contributed by atoms with E-state index in [-0.39, 0.29) is 19.4 Å². The molecular weight excluding hydrogens is 294 g/mol. The van der Waals surface area contributed by atoms with Gasteiger partial charge in [-0.25, -0.2) is 0 Å². The van der Waals surface area contributed by atoms with Gasteiger partial charge in [-0.1, -0.05) is 6.92 Å². The predicted octanol–water partition coefficient (Wildman–Crippen LogP) is -1.62. The van der Waals surface area contributed by atoms with E-state index in [0.717, 1.165) is 0 Å². The maximum Gasteiger partial charge on any atom is 0.305 e. The van der Waals surface area contributed by atoms with E-state index >= 15 is 0 Å². The van der Waals surface area contributed by atoms with Gasteiger partial charge in [0.2, 0.25) is 0 Å². The number of aliphatic hydroxyl groups is 2. The molecule has 2 atom stereocenters. The highest BCUT2D eigenvalue weighted by Crippen LogP contribution is 2.17. The van der Waals surface area contributed by atoms with Crippen LogP contribution in [0.15, 0.2) is 0 Å². The lowest BCUT2D eigenvalue weighted by Crippen LogP contribution is -2.55. The van der Waals surface area contributed by atoms with Gasteiger partial charge in [-0.3, -0.25) is 9.59 Å². The average Bonchev–Trinajstić information content (AvgIpc) is 2.22. The number of carboxylic acid groups (broad SMARTS) is 2. The van der Waals surface area contributed by atoms with Crippen LogP contribution in [0, 0.1) is 0 Å². The number of Topliss-reactive ketones (excluding diaryl/α,β-unsaturated/α-hetero) is 1. The largest absolute Gasteiger partial charge is 0.550 e. The molecule has 0 saturated carbocycles. The summed E-state index contributed by atoms with van der Waals surface area (Å²) in [6.45, 7) is 3.10. The summed E-state index contributed by atoms with van der Waals surface area (Å²) >= 11 is 0. The summed E-state index contributed by atoms with van der Waals surface area (Å²) in [5.74, 6) is -2.83. The summed E-state index contributed by atoms with van der Waals surface area (Å²) in [4.78, 5) is 31.6. The van der Waals surface area contributed by atoms with Gasteiger partial charge in [-0.05, 0) is 6.92 Å². The third kappa shape index (κ3) is 12.2. The van der Waals surface area contributed by atoms with Crippen LogP contribution >= 0.6 is 0 Å². The van der Waals surface area contributed by atoms with E-state index in [4.69, 9.17) is 10.2 Å². The first-order valence-electron chi connectivity index (χ1n) is 6.89. The summed E-state index contributed by atoms with van der Waals surface area (Å²) in [5, 5.41) is 36.8. The van der Waals surface area contributed by atoms with Crippen LogP contribution < -0.4 is 5.11 Å². The Kier molecular flexibility index (Phi) is 9.83. The lowest BCUT2D eigenvalue weighted by molar-refractivity contribution is -0.875. The molecule has 0 amide bonds. The third-order valence-corrected chi connectivity index (χ3v) is 2.48. The molecule has 8 heteroatoms. The standard InChI is InChI=1S/C10H19NO4.C4H8O3/c1-5-8(12)10(15,6-9(13)14)7-11(2,3)4;1-3(5)2-4(6)7/h15H,5-7H2,1-4H3;3,5H,2H2,1H3,(H,6,7)/t10-;/m1./s1.